The van der Waals surface area contributed by atoms with E-state index in [1.54, 1.807) is 6.07 Å². The number of aromatic nitrogens is 1. The standard InChI is InChI=1S/C13H10BrFN2O2/c1-19-12-7-16-5-4-9(12)13(18)17-8-2-3-11(15)10(14)6-8/h2-7H,1H3,(H,17,18). The van der Waals surface area contributed by atoms with Gasteiger partial charge in [-0.2, -0.15) is 0 Å². The molecule has 1 aromatic heterocycles. The Balaban J connectivity index is 2.23. The van der Waals surface area contributed by atoms with E-state index in [0.29, 0.717) is 17.0 Å². The molecule has 2 aromatic rings. The minimum atomic E-state index is -0.389. The Morgan fingerprint density at radius 3 is 2.89 bits per heavy atom. The molecular weight excluding hydrogens is 315 g/mol. The Morgan fingerprint density at radius 1 is 1.42 bits per heavy atom. The molecule has 0 atom stereocenters. The van der Waals surface area contributed by atoms with E-state index in [-0.39, 0.29) is 16.2 Å². The number of nitrogens with one attached hydrogen (secondary N) is 1. The molecule has 98 valence electrons. The van der Waals surface area contributed by atoms with E-state index < -0.39 is 0 Å². The fraction of sp³-hybridized carbons (Fsp3) is 0.0769. The van der Waals surface area contributed by atoms with Crippen molar-refractivity contribution in [2.24, 2.45) is 0 Å². The summed E-state index contributed by atoms with van der Waals surface area (Å²) in [7, 11) is 1.46. The number of pyridine rings is 1. The van der Waals surface area contributed by atoms with Crippen molar-refractivity contribution >= 4 is 27.5 Å². The molecule has 1 aromatic carbocycles. The van der Waals surface area contributed by atoms with Crippen LogP contribution in [0.25, 0.3) is 0 Å². The molecule has 0 unspecified atom stereocenters. The Bertz CT molecular complexity index is 619. The van der Waals surface area contributed by atoms with Gasteiger partial charge in [0.15, 0.2) is 0 Å². The molecule has 1 heterocycles. The summed E-state index contributed by atoms with van der Waals surface area (Å²) in [6, 6.07) is 5.78. The molecule has 0 spiro atoms. The molecule has 6 heteroatoms. The Kier molecular flexibility index (Phi) is 4.11. The lowest BCUT2D eigenvalue weighted by Crippen LogP contribution is -2.13. The third kappa shape index (κ3) is 3.08. The highest BCUT2D eigenvalue weighted by molar-refractivity contribution is 9.10. The second-order valence-corrected chi connectivity index (χ2v) is 4.51. The summed E-state index contributed by atoms with van der Waals surface area (Å²) >= 11 is 3.06. The molecule has 0 saturated heterocycles. The number of ether oxygens (including phenoxy) is 1. The van der Waals surface area contributed by atoms with Crippen molar-refractivity contribution in [3.63, 3.8) is 0 Å². The van der Waals surface area contributed by atoms with Crippen LogP contribution in [-0.4, -0.2) is 18.0 Å². The first-order chi connectivity index (χ1) is 9.11. The number of nitrogens with zero attached hydrogens (tertiary/aromatic N) is 1. The molecular formula is C13H10BrFN2O2. The zero-order valence-electron chi connectivity index (χ0n) is 9.98. The number of hydrogen-bond donors (Lipinski definition) is 1. The second-order valence-electron chi connectivity index (χ2n) is 3.66. The van der Waals surface area contributed by atoms with Gasteiger partial charge < -0.3 is 10.1 Å². The Labute approximate surface area is 117 Å². The highest BCUT2D eigenvalue weighted by Gasteiger charge is 2.12. The van der Waals surface area contributed by atoms with E-state index >= 15 is 0 Å². The van der Waals surface area contributed by atoms with Crippen LogP contribution in [0, 0.1) is 5.82 Å². The molecule has 0 fully saturated rings. The van der Waals surface area contributed by atoms with Gasteiger partial charge in [-0.25, -0.2) is 4.39 Å². The van der Waals surface area contributed by atoms with E-state index in [1.165, 1.54) is 37.7 Å². The Hall–Kier alpha value is -1.95. The van der Waals surface area contributed by atoms with Crippen molar-refractivity contribution in [2.45, 2.75) is 0 Å². The number of amides is 1. The monoisotopic (exact) mass is 324 g/mol. The number of halogens is 2. The zero-order valence-corrected chi connectivity index (χ0v) is 11.6. The Morgan fingerprint density at radius 2 is 2.21 bits per heavy atom. The molecule has 0 saturated carbocycles. The maximum atomic E-state index is 13.1. The van der Waals surface area contributed by atoms with E-state index in [0.717, 1.165) is 0 Å². The van der Waals surface area contributed by atoms with Crippen LogP contribution < -0.4 is 10.1 Å². The second kappa shape index (κ2) is 5.79. The number of rotatable bonds is 3. The molecule has 0 radical (unpaired) electrons. The SMILES string of the molecule is COc1cnccc1C(=O)Nc1ccc(F)c(Br)c1. The van der Waals surface area contributed by atoms with Gasteiger partial charge in [-0.3, -0.25) is 9.78 Å². The lowest BCUT2D eigenvalue weighted by Gasteiger charge is -2.09. The predicted molar refractivity (Wildman–Crippen MR) is 72.8 cm³/mol. The van der Waals surface area contributed by atoms with Gasteiger partial charge in [0.05, 0.1) is 23.3 Å². The van der Waals surface area contributed by atoms with Crippen molar-refractivity contribution in [3.8, 4) is 5.75 Å². The van der Waals surface area contributed by atoms with Crippen LogP contribution in [0.1, 0.15) is 10.4 Å². The van der Waals surface area contributed by atoms with Gasteiger partial charge in [0.25, 0.3) is 5.91 Å². The van der Waals surface area contributed by atoms with Crippen LogP contribution in [0.3, 0.4) is 0 Å². The van der Waals surface area contributed by atoms with Crippen LogP contribution in [-0.2, 0) is 0 Å². The summed E-state index contributed by atoms with van der Waals surface area (Å²) < 4.78 is 18.4. The predicted octanol–water partition coefficient (Wildman–Crippen LogP) is 3.24. The molecule has 0 bridgehead atoms. The largest absolute Gasteiger partial charge is 0.494 e. The topological polar surface area (TPSA) is 51.2 Å². The van der Waals surface area contributed by atoms with E-state index in [4.69, 9.17) is 4.74 Å². The number of methoxy groups -OCH3 is 1. The van der Waals surface area contributed by atoms with Gasteiger partial charge in [-0.15, -0.1) is 0 Å². The van der Waals surface area contributed by atoms with E-state index in [1.807, 2.05) is 0 Å². The number of anilines is 1. The molecule has 1 N–H and O–H groups in total. The molecule has 19 heavy (non-hydrogen) atoms. The first-order valence-corrected chi connectivity index (χ1v) is 6.15. The van der Waals surface area contributed by atoms with E-state index in [2.05, 4.69) is 26.2 Å². The maximum absolute atomic E-state index is 13.1. The first-order valence-electron chi connectivity index (χ1n) is 5.36. The summed E-state index contributed by atoms with van der Waals surface area (Å²) in [4.78, 5) is 15.9. The van der Waals surface area contributed by atoms with Crippen molar-refractivity contribution < 1.29 is 13.9 Å². The summed E-state index contributed by atoms with van der Waals surface area (Å²) in [6.07, 6.45) is 2.95. The first kappa shape index (κ1) is 13.5. The van der Waals surface area contributed by atoms with E-state index in [9.17, 15) is 9.18 Å². The van der Waals surface area contributed by atoms with Crippen molar-refractivity contribution in [3.05, 3.63) is 52.5 Å². The van der Waals surface area contributed by atoms with Crippen LogP contribution >= 0.6 is 15.9 Å². The van der Waals surface area contributed by atoms with Crippen LogP contribution in [0.5, 0.6) is 5.75 Å². The fourth-order valence-corrected chi connectivity index (χ4v) is 1.88. The normalized spacial score (nSPS) is 10.1. The summed E-state index contributed by atoms with van der Waals surface area (Å²) in [6.45, 7) is 0. The number of carbonyl (C=O) groups is 1. The molecule has 0 aliphatic rings. The molecule has 2 rings (SSSR count). The lowest BCUT2D eigenvalue weighted by atomic mass is 10.2. The van der Waals surface area contributed by atoms with Gasteiger partial charge >= 0.3 is 0 Å². The van der Waals surface area contributed by atoms with Gasteiger partial charge in [0, 0.05) is 11.9 Å². The summed E-state index contributed by atoms with van der Waals surface area (Å²) in [5.74, 6) is -0.363. The highest BCUT2D eigenvalue weighted by atomic mass is 79.9. The van der Waals surface area contributed by atoms with Crippen LogP contribution in [0.4, 0.5) is 10.1 Å². The van der Waals surface area contributed by atoms with Gasteiger partial charge in [0.2, 0.25) is 0 Å². The summed E-state index contributed by atoms with van der Waals surface area (Å²) in [5.41, 5.74) is 0.843. The summed E-state index contributed by atoms with van der Waals surface area (Å²) in [5, 5.41) is 2.66. The molecule has 1 amide bonds. The van der Waals surface area contributed by atoms with Crippen LogP contribution in [0.15, 0.2) is 41.1 Å². The zero-order chi connectivity index (χ0) is 13.8. The number of carbonyl (C=O) groups excluding carboxylic acids is 1. The third-order valence-corrected chi connectivity index (χ3v) is 3.03. The average Bonchev–Trinajstić information content (AvgIpc) is 2.43. The van der Waals surface area contributed by atoms with Crippen LogP contribution in [0.2, 0.25) is 0 Å². The van der Waals surface area contributed by atoms with Gasteiger partial charge in [-0.1, -0.05) is 0 Å². The number of hydrogen-bond acceptors (Lipinski definition) is 3. The maximum Gasteiger partial charge on any atom is 0.259 e. The lowest BCUT2D eigenvalue weighted by molar-refractivity contribution is 0.102. The minimum absolute atomic E-state index is 0.284. The quantitative estimate of drug-likeness (QED) is 0.942. The number of benzene rings is 1. The van der Waals surface area contributed by atoms with Gasteiger partial charge in [-0.05, 0) is 40.2 Å². The van der Waals surface area contributed by atoms with Crippen molar-refractivity contribution in [1.29, 1.82) is 0 Å². The van der Waals surface area contributed by atoms with Crippen molar-refractivity contribution in [2.75, 3.05) is 12.4 Å². The molecule has 0 aliphatic heterocycles. The fourth-order valence-electron chi connectivity index (χ4n) is 1.50. The van der Waals surface area contributed by atoms with Gasteiger partial charge in [0.1, 0.15) is 11.6 Å². The smallest absolute Gasteiger partial charge is 0.259 e. The minimum Gasteiger partial charge on any atom is -0.494 e. The molecule has 0 aliphatic carbocycles. The average molecular weight is 325 g/mol. The molecule has 4 nitrogen and oxygen atoms in total. The third-order valence-electron chi connectivity index (χ3n) is 2.43. The highest BCUT2D eigenvalue weighted by Crippen LogP contribution is 2.22. The van der Waals surface area contributed by atoms with Crippen molar-refractivity contribution in [1.82, 2.24) is 4.98 Å².